The van der Waals surface area contributed by atoms with Crippen LogP contribution in [0.25, 0.3) is 0 Å². The van der Waals surface area contributed by atoms with E-state index >= 15 is 0 Å². The monoisotopic (exact) mass is 562 g/mol. The summed E-state index contributed by atoms with van der Waals surface area (Å²) in [6.45, 7) is 4.83. The second kappa shape index (κ2) is 16.4. The quantitative estimate of drug-likeness (QED) is 0.190. The first kappa shape index (κ1) is 31.7. The summed E-state index contributed by atoms with van der Waals surface area (Å²) in [5.74, 6) is -2.97. The molecule has 1 aliphatic rings. The molecule has 0 aromatic carbocycles. The summed E-state index contributed by atoms with van der Waals surface area (Å²) in [7, 11) is 0. The minimum Gasteiger partial charge on any atom is -0.456 e. The Morgan fingerprint density at radius 3 is 2.67 bits per heavy atom. The highest BCUT2D eigenvalue weighted by molar-refractivity contribution is 8.13. The Bertz CT molecular complexity index is 1120. The van der Waals surface area contributed by atoms with Crippen molar-refractivity contribution in [3.8, 4) is 0 Å². The maximum Gasteiger partial charge on any atom is 0.329 e. The fourth-order valence-electron chi connectivity index (χ4n) is 3.63. The van der Waals surface area contributed by atoms with Crippen LogP contribution in [-0.2, 0) is 30.5 Å². The molecule has 0 unspecified atom stereocenters. The van der Waals surface area contributed by atoms with E-state index in [2.05, 4.69) is 20.9 Å². The van der Waals surface area contributed by atoms with Crippen LogP contribution in [0.15, 0.2) is 36.1 Å². The molecule has 12 heteroatoms. The van der Waals surface area contributed by atoms with Crippen molar-refractivity contribution in [2.75, 3.05) is 5.75 Å². The molecule has 2 bridgehead atoms. The molecule has 1 aromatic heterocycles. The zero-order valence-corrected chi connectivity index (χ0v) is 23.2. The SMILES string of the molecule is C/C=C1\NC(=O)c2cc(F)cc(n2)CNC(=O)C[C@@H](/C=C/CCSC(C)=O)OC(=O)[C@H](CCCCC)NC1=O. The number of allylic oxidation sites excluding steroid dienone is 2. The van der Waals surface area contributed by atoms with Crippen molar-refractivity contribution in [2.24, 2.45) is 0 Å². The van der Waals surface area contributed by atoms with Crippen LogP contribution < -0.4 is 16.0 Å². The number of ether oxygens (including phenoxy) is 1. The lowest BCUT2D eigenvalue weighted by molar-refractivity contribution is -0.152. The minimum atomic E-state index is -1.03. The third-order valence-corrected chi connectivity index (χ3v) is 6.45. The van der Waals surface area contributed by atoms with Crippen molar-refractivity contribution in [2.45, 2.75) is 78.0 Å². The van der Waals surface area contributed by atoms with E-state index in [1.165, 1.54) is 19.9 Å². The molecule has 0 spiro atoms. The maximum absolute atomic E-state index is 14.2. The van der Waals surface area contributed by atoms with E-state index in [1.807, 2.05) is 6.92 Å². The molecule has 0 aliphatic carbocycles. The first-order valence-corrected chi connectivity index (χ1v) is 13.8. The number of cyclic esters (lactones) is 1. The number of carbonyl (C=O) groups excluding carboxylic acids is 5. The molecule has 39 heavy (non-hydrogen) atoms. The van der Waals surface area contributed by atoms with Crippen LogP contribution >= 0.6 is 11.8 Å². The van der Waals surface area contributed by atoms with E-state index in [9.17, 15) is 28.4 Å². The first-order chi connectivity index (χ1) is 18.6. The number of pyridine rings is 1. The van der Waals surface area contributed by atoms with Crippen molar-refractivity contribution in [1.29, 1.82) is 0 Å². The molecule has 3 N–H and O–H groups in total. The zero-order chi connectivity index (χ0) is 28.8. The lowest BCUT2D eigenvalue weighted by Gasteiger charge is -2.22. The van der Waals surface area contributed by atoms with E-state index in [0.717, 1.165) is 36.7 Å². The minimum absolute atomic E-state index is 0.0182. The molecule has 10 nitrogen and oxygen atoms in total. The fourth-order valence-corrected chi connectivity index (χ4v) is 4.17. The van der Waals surface area contributed by atoms with Crippen molar-refractivity contribution in [1.82, 2.24) is 20.9 Å². The number of hydrogen-bond donors (Lipinski definition) is 3. The summed E-state index contributed by atoms with van der Waals surface area (Å²) >= 11 is 1.15. The molecular weight excluding hydrogens is 527 g/mol. The average Bonchev–Trinajstić information content (AvgIpc) is 2.88. The summed E-state index contributed by atoms with van der Waals surface area (Å²) in [5, 5.41) is 7.60. The topological polar surface area (TPSA) is 144 Å². The predicted octanol–water partition coefficient (Wildman–Crippen LogP) is 3.08. The summed E-state index contributed by atoms with van der Waals surface area (Å²) in [4.78, 5) is 66.8. The van der Waals surface area contributed by atoms with E-state index in [-0.39, 0.29) is 41.6 Å². The van der Waals surface area contributed by atoms with Gasteiger partial charge in [0.25, 0.3) is 11.8 Å². The molecule has 2 heterocycles. The number of thioether (sulfide) groups is 1. The number of unbranched alkanes of at least 4 members (excludes halogenated alkanes) is 2. The van der Waals surface area contributed by atoms with Crippen LogP contribution in [0, 0.1) is 5.82 Å². The van der Waals surface area contributed by atoms with Crippen LogP contribution in [0.1, 0.15) is 75.5 Å². The molecule has 2 rings (SSSR count). The first-order valence-electron chi connectivity index (χ1n) is 12.8. The van der Waals surface area contributed by atoms with Crippen molar-refractivity contribution in [3.05, 3.63) is 53.3 Å². The second-order valence-electron chi connectivity index (χ2n) is 8.85. The van der Waals surface area contributed by atoms with Gasteiger partial charge in [0.2, 0.25) is 5.91 Å². The zero-order valence-electron chi connectivity index (χ0n) is 22.4. The van der Waals surface area contributed by atoms with Crippen LogP contribution in [-0.4, -0.2) is 51.7 Å². The van der Waals surface area contributed by atoms with E-state index in [0.29, 0.717) is 18.6 Å². The van der Waals surface area contributed by atoms with E-state index < -0.39 is 41.7 Å². The number of nitrogens with one attached hydrogen (secondary N) is 3. The number of amides is 3. The Hall–Kier alpha value is -3.54. The lowest BCUT2D eigenvalue weighted by atomic mass is 10.1. The highest BCUT2D eigenvalue weighted by atomic mass is 32.2. The van der Waals surface area contributed by atoms with Gasteiger partial charge in [0.1, 0.15) is 29.4 Å². The molecule has 1 aromatic rings. The normalized spacial score (nSPS) is 20.4. The van der Waals surface area contributed by atoms with Gasteiger partial charge in [-0.1, -0.05) is 50.1 Å². The molecule has 1 aliphatic heterocycles. The van der Waals surface area contributed by atoms with Gasteiger partial charge in [0.15, 0.2) is 5.12 Å². The highest BCUT2D eigenvalue weighted by Crippen LogP contribution is 2.13. The predicted molar refractivity (Wildman–Crippen MR) is 145 cm³/mol. The molecular formula is C27H35FN4O6S. The summed E-state index contributed by atoms with van der Waals surface area (Å²) in [6, 6.07) is 0.967. The lowest BCUT2D eigenvalue weighted by Crippen LogP contribution is -2.46. The molecule has 0 fully saturated rings. The number of hydrogen-bond acceptors (Lipinski definition) is 8. The smallest absolute Gasteiger partial charge is 0.329 e. The number of carbonyl (C=O) groups is 5. The Morgan fingerprint density at radius 1 is 1.21 bits per heavy atom. The Balaban J connectivity index is 2.37. The number of fused-ring (bicyclic) bond motifs is 2. The Labute approximate surface area is 231 Å². The van der Waals surface area contributed by atoms with Gasteiger partial charge in [-0.15, -0.1) is 0 Å². The van der Waals surface area contributed by atoms with Gasteiger partial charge in [0.05, 0.1) is 18.7 Å². The van der Waals surface area contributed by atoms with E-state index in [4.69, 9.17) is 4.74 Å². The molecule has 3 amide bonds. The van der Waals surface area contributed by atoms with Crippen LogP contribution in [0.3, 0.4) is 0 Å². The summed E-state index contributed by atoms with van der Waals surface area (Å²) < 4.78 is 19.8. The number of halogens is 1. The molecule has 212 valence electrons. The van der Waals surface area contributed by atoms with Crippen LogP contribution in [0.4, 0.5) is 4.39 Å². The van der Waals surface area contributed by atoms with Gasteiger partial charge in [0, 0.05) is 18.7 Å². The van der Waals surface area contributed by atoms with E-state index in [1.54, 1.807) is 12.2 Å². The van der Waals surface area contributed by atoms with Gasteiger partial charge in [-0.2, -0.15) is 0 Å². The Kier molecular flexibility index (Phi) is 13.3. The van der Waals surface area contributed by atoms with Crippen LogP contribution in [0.5, 0.6) is 0 Å². The Morgan fingerprint density at radius 2 is 1.97 bits per heavy atom. The maximum atomic E-state index is 14.2. The van der Waals surface area contributed by atoms with Gasteiger partial charge >= 0.3 is 5.97 Å². The third kappa shape index (κ3) is 11.4. The van der Waals surface area contributed by atoms with Crippen molar-refractivity contribution < 1.29 is 33.1 Å². The van der Waals surface area contributed by atoms with Crippen molar-refractivity contribution in [3.63, 3.8) is 0 Å². The fraction of sp³-hybridized carbons (Fsp3) is 0.481. The third-order valence-electron chi connectivity index (χ3n) is 5.60. The summed E-state index contributed by atoms with van der Waals surface area (Å²) in [5.41, 5.74) is -0.323. The molecule has 0 radical (unpaired) electrons. The molecule has 2 atom stereocenters. The van der Waals surface area contributed by atoms with Crippen molar-refractivity contribution >= 4 is 40.6 Å². The molecule has 0 saturated heterocycles. The number of rotatable bonds is 8. The number of esters is 1. The van der Waals surface area contributed by atoms with Gasteiger partial charge in [-0.25, -0.2) is 14.2 Å². The second-order valence-corrected chi connectivity index (χ2v) is 10.1. The highest BCUT2D eigenvalue weighted by Gasteiger charge is 2.27. The largest absolute Gasteiger partial charge is 0.456 e. The van der Waals surface area contributed by atoms with Crippen LogP contribution in [0.2, 0.25) is 0 Å². The summed E-state index contributed by atoms with van der Waals surface area (Å²) in [6.07, 6.45) is 6.60. The standard InChI is InChI=1S/C27H35FN4O6S/c1-4-6-7-11-22-27(37)38-20(10-8-9-12-39-17(3)33)15-24(34)29-16-19-13-18(28)14-23(30-19)26(36)31-21(5-2)25(35)32-22/h5,8,10,13-14,20,22H,4,6-7,9,11-12,15-16H2,1-3H3,(H,29,34)(H,31,36)(H,32,35)/b10-8+,21-5-/t20-,22+/m1/s1. The molecule has 0 saturated carbocycles. The number of nitrogens with zero attached hydrogens (tertiary/aromatic N) is 1. The average molecular weight is 563 g/mol. The van der Waals surface area contributed by atoms with Gasteiger partial charge in [-0.05, 0) is 31.9 Å². The van der Waals surface area contributed by atoms with Gasteiger partial charge in [-0.3, -0.25) is 19.2 Å². The number of aromatic nitrogens is 1. The van der Waals surface area contributed by atoms with Gasteiger partial charge < -0.3 is 20.7 Å².